The van der Waals surface area contributed by atoms with Crippen molar-refractivity contribution in [1.29, 1.82) is 0 Å². The predicted molar refractivity (Wildman–Crippen MR) is 201 cm³/mol. The highest BCUT2D eigenvalue weighted by Gasteiger charge is 2.23. The van der Waals surface area contributed by atoms with Crippen LogP contribution in [0.2, 0.25) is 0 Å². The number of fused-ring (bicyclic) bond motifs is 3. The Bertz CT molecular complexity index is 2330. The number of aromatic hydroxyl groups is 1. The molecule has 0 amide bonds. The van der Waals surface area contributed by atoms with Crippen molar-refractivity contribution < 1.29 is 5.11 Å². The number of hydrogen-bond donors (Lipinski definition) is 1. The van der Waals surface area contributed by atoms with Crippen LogP contribution in [0, 0.1) is 13.8 Å². The average molecular weight is 630 g/mol. The summed E-state index contributed by atoms with van der Waals surface area (Å²) in [6, 6.07) is 36.6. The quantitative estimate of drug-likeness (QED) is 0.211. The van der Waals surface area contributed by atoms with Gasteiger partial charge in [0.2, 0.25) is 0 Å². The fraction of sp³-hybridized carbons (Fsp3) is 0.227. The smallest absolute Gasteiger partial charge is 0.146 e. The molecule has 0 spiro atoms. The van der Waals surface area contributed by atoms with Gasteiger partial charge < -0.3 is 5.11 Å². The monoisotopic (exact) mass is 629 g/mol. The van der Waals surface area contributed by atoms with Crippen molar-refractivity contribution in [2.75, 3.05) is 0 Å². The van der Waals surface area contributed by atoms with E-state index in [1.807, 2.05) is 37.4 Å². The van der Waals surface area contributed by atoms with Gasteiger partial charge in [-0.1, -0.05) is 84.0 Å². The van der Waals surface area contributed by atoms with Crippen molar-refractivity contribution in [1.82, 2.24) is 14.5 Å². The van der Waals surface area contributed by atoms with Gasteiger partial charge in [0.25, 0.3) is 0 Å². The molecule has 4 nitrogen and oxygen atoms in total. The molecule has 0 aliphatic heterocycles. The second kappa shape index (κ2) is 11.5. The topological polar surface area (TPSA) is 50.9 Å². The van der Waals surface area contributed by atoms with E-state index < -0.39 is 0 Å². The molecule has 4 heteroatoms. The molecule has 0 unspecified atom stereocenters. The molecule has 0 atom stereocenters. The summed E-state index contributed by atoms with van der Waals surface area (Å²) in [5.74, 6) is 0.270. The summed E-state index contributed by atoms with van der Waals surface area (Å²) in [4.78, 5) is 10.2. The Morgan fingerprint density at radius 3 is 2.08 bits per heavy atom. The average Bonchev–Trinajstić information content (AvgIpc) is 3.39. The zero-order valence-corrected chi connectivity index (χ0v) is 29.2. The van der Waals surface area contributed by atoms with Crippen molar-refractivity contribution in [3.63, 3.8) is 0 Å². The van der Waals surface area contributed by atoms with Crippen LogP contribution in [0.5, 0.6) is 5.75 Å². The van der Waals surface area contributed by atoms with Gasteiger partial charge in [-0.25, -0.2) is 4.98 Å². The molecule has 48 heavy (non-hydrogen) atoms. The minimum Gasteiger partial charge on any atom is -0.507 e. The van der Waals surface area contributed by atoms with E-state index in [9.17, 15) is 5.11 Å². The van der Waals surface area contributed by atoms with E-state index in [2.05, 4.69) is 132 Å². The van der Waals surface area contributed by atoms with Crippen LogP contribution >= 0.6 is 0 Å². The van der Waals surface area contributed by atoms with Gasteiger partial charge in [-0.2, -0.15) is 0 Å². The molecule has 0 fully saturated rings. The number of aryl methyl sites for hydroxylation is 2. The first-order chi connectivity index (χ1) is 22.8. The molecular formula is C44H43N3O. The summed E-state index contributed by atoms with van der Waals surface area (Å²) in [6.07, 6.45) is 1.90. The Balaban J connectivity index is 1.53. The van der Waals surface area contributed by atoms with Crippen LogP contribution in [-0.2, 0) is 10.8 Å². The Morgan fingerprint density at radius 1 is 0.604 bits per heavy atom. The van der Waals surface area contributed by atoms with Crippen molar-refractivity contribution in [3.05, 3.63) is 132 Å². The number of phenols is 1. The molecular weight excluding hydrogens is 587 g/mol. The number of aromatic nitrogens is 3. The van der Waals surface area contributed by atoms with Gasteiger partial charge in [0, 0.05) is 33.8 Å². The van der Waals surface area contributed by atoms with Crippen LogP contribution in [0.3, 0.4) is 0 Å². The third kappa shape index (κ3) is 5.66. The number of benzene rings is 4. The number of nitrogens with zero attached hydrogens (tertiary/aromatic N) is 3. The lowest BCUT2D eigenvalue weighted by Gasteiger charge is -2.22. The van der Waals surface area contributed by atoms with Crippen LogP contribution in [0.25, 0.3) is 61.3 Å². The van der Waals surface area contributed by atoms with E-state index in [0.717, 1.165) is 72.4 Å². The molecule has 7 aromatic rings. The second-order valence-electron chi connectivity index (χ2n) is 15.2. The minimum absolute atomic E-state index is 0.00434. The van der Waals surface area contributed by atoms with E-state index in [-0.39, 0.29) is 16.6 Å². The van der Waals surface area contributed by atoms with Crippen LogP contribution in [0.15, 0.2) is 109 Å². The predicted octanol–water partition coefficient (Wildman–Crippen LogP) is 11.5. The van der Waals surface area contributed by atoms with Gasteiger partial charge >= 0.3 is 0 Å². The van der Waals surface area contributed by atoms with Crippen LogP contribution in [0.4, 0.5) is 0 Å². The van der Waals surface area contributed by atoms with Gasteiger partial charge in [-0.05, 0) is 119 Å². The number of phenolic OH excluding ortho intramolecular Hbond substituents is 1. The number of hydrogen-bond acceptors (Lipinski definition) is 3. The zero-order chi connectivity index (χ0) is 34.0. The van der Waals surface area contributed by atoms with Crippen molar-refractivity contribution in [2.24, 2.45) is 0 Å². The fourth-order valence-corrected chi connectivity index (χ4v) is 6.64. The molecule has 3 heterocycles. The normalized spacial score (nSPS) is 12.2. The lowest BCUT2D eigenvalue weighted by atomic mass is 9.85. The van der Waals surface area contributed by atoms with Crippen molar-refractivity contribution in [3.8, 4) is 45.1 Å². The highest BCUT2D eigenvalue weighted by atomic mass is 16.3. The zero-order valence-electron chi connectivity index (χ0n) is 29.2. The Morgan fingerprint density at radius 2 is 1.35 bits per heavy atom. The summed E-state index contributed by atoms with van der Waals surface area (Å²) < 4.78 is 2.29. The molecule has 3 aromatic heterocycles. The molecule has 7 rings (SSSR count). The molecule has 0 bridgehead atoms. The Kier molecular flexibility index (Phi) is 7.51. The van der Waals surface area contributed by atoms with Crippen molar-refractivity contribution in [2.45, 2.75) is 66.2 Å². The summed E-state index contributed by atoms with van der Waals surface area (Å²) in [6.45, 7) is 17.5. The molecule has 4 aromatic carbocycles. The van der Waals surface area contributed by atoms with E-state index in [4.69, 9.17) is 9.97 Å². The van der Waals surface area contributed by atoms with E-state index in [1.165, 1.54) is 11.1 Å². The third-order valence-corrected chi connectivity index (χ3v) is 9.41. The van der Waals surface area contributed by atoms with Gasteiger partial charge in [-0.15, -0.1) is 0 Å². The number of rotatable bonds is 4. The van der Waals surface area contributed by atoms with Crippen LogP contribution < -0.4 is 0 Å². The maximum atomic E-state index is 11.1. The van der Waals surface area contributed by atoms with Crippen molar-refractivity contribution >= 4 is 21.9 Å². The summed E-state index contributed by atoms with van der Waals surface area (Å²) in [5, 5.41) is 13.4. The van der Waals surface area contributed by atoms with Crippen LogP contribution in [0.1, 0.15) is 63.8 Å². The molecule has 0 aliphatic rings. The highest BCUT2D eigenvalue weighted by molar-refractivity contribution is 6.09. The van der Waals surface area contributed by atoms with Gasteiger partial charge in [-0.3, -0.25) is 9.55 Å². The highest BCUT2D eigenvalue weighted by Crippen LogP contribution is 2.40. The standard InChI is InChI=1S/C44H43N3O/c1-27-20-28(2)41(48)37(21-27)38-16-15-35-36-26-32(43(3,4)5)14-17-40(36)47(42(35)46-38)34-23-31(22-33(25-34)44(6,7)8)39-24-30(18-19-45-39)29-12-10-9-11-13-29/h9-26,48H,1-8H3. The first kappa shape index (κ1) is 31.4. The molecule has 240 valence electrons. The van der Waals surface area contributed by atoms with Gasteiger partial charge in [0.1, 0.15) is 11.4 Å². The first-order valence-electron chi connectivity index (χ1n) is 16.7. The van der Waals surface area contributed by atoms with Crippen LogP contribution in [-0.4, -0.2) is 19.6 Å². The molecule has 0 saturated carbocycles. The lowest BCUT2D eigenvalue weighted by Crippen LogP contribution is -2.12. The summed E-state index contributed by atoms with van der Waals surface area (Å²) in [5.41, 5.74) is 13.1. The van der Waals surface area contributed by atoms with Gasteiger partial charge in [0.15, 0.2) is 0 Å². The largest absolute Gasteiger partial charge is 0.507 e. The first-order valence-corrected chi connectivity index (χ1v) is 16.7. The molecule has 0 radical (unpaired) electrons. The summed E-state index contributed by atoms with van der Waals surface area (Å²) in [7, 11) is 0. The number of pyridine rings is 2. The molecule has 1 N–H and O–H groups in total. The third-order valence-electron chi connectivity index (χ3n) is 9.41. The molecule has 0 saturated heterocycles. The SMILES string of the molecule is Cc1cc(C)c(O)c(-c2ccc3c4cc(C(C)(C)C)ccc4n(-c4cc(-c5cc(-c6ccccc6)ccn5)cc(C(C)(C)C)c4)c3n2)c1. The van der Waals surface area contributed by atoms with E-state index in [0.29, 0.717) is 0 Å². The van der Waals surface area contributed by atoms with E-state index in [1.54, 1.807) is 0 Å². The molecule has 0 aliphatic carbocycles. The fourth-order valence-electron chi connectivity index (χ4n) is 6.64. The summed E-state index contributed by atoms with van der Waals surface area (Å²) >= 11 is 0. The maximum Gasteiger partial charge on any atom is 0.146 e. The van der Waals surface area contributed by atoms with E-state index >= 15 is 0 Å². The van der Waals surface area contributed by atoms with Gasteiger partial charge in [0.05, 0.1) is 16.9 Å². The lowest BCUT2D eigenvalue weighted by molar-refractivity contribution is 0.473. The minimum atomic E-state index is -0.108. The Labute approximate surface area is 283 Å². The maximum absolute atomic E-state index is 11.1. The second-order valence-corrected chi connectivity index (χ2v) is 15.2. The Hall–Kier alpha value is -5.22.